The highest BCUT2D eigenvalue weighted by molar-refractivity contribution is 5.95. The predicted molar refractivity (Wildman–Crippen MR) is 56.4 cm³/mol. The summed E-state index contributed by atoms with van der Waals surface area (Å²) in [4.78, 5) is 11.6. The van der Waals surface area contributed by atoms with Crippen molar-refractivity contribution in [3.63, 3.8) is 0 Å². The molecule has 1 aromatic carbocycles. The van der Waals surface area contributed by atoms with Gasteiger partial charge in [0.15, 0.2) is 0 Å². The number of halogens is 4. The van der Waals surface area contributed by atoms with E-state index in [2.05, 4.69) is 5.32 Å². The third kappa shape index (κ3) is 2.47. The molecule has 2 atom stereocenters. The molecule has 0 aliphatic heterocycles. The maximum Gasteiger partial charge on any atom is 0.419 e. The van der Waals surface area contributed by atoms with Gasteiger partial charge in [-0.05, 0) is 24.5 Å². The summed E-state index contributed by atoms with van der Waals surface area (Å²) in [7, 11) is 0. The number of benzene rings is 1. The average molecular weight is 261 g/mol. The average Bonchev–Trinajstić information content (AvgIpc) is 2.92. The van der Waals surface area contributed by atoms with Crippen LogP contribution in [0.3, 0.4) is 0 Å². The van der Waals surface area contributed by atoms with Crippen molar-refractivity contribution in [1.29, 1.82) is 0 Å². The molecule has 0 spiro atoms. The summed E-state index contributed by atoms with van der Waals surface area (Å²) in [5.74, 6) is -2.02. The Hall–Kier alpha value is -1.59. The minimum atomic E-state index is -4.80. The lowest BCUT2D eigenvalue weighted by Crippen LogP contribution is -2.28. The van der Waals surface area contributed by atoms with Crippen molar-refractivity contribution in [3.05, 3.63) is 35.1 Å². The minimum absolute atomic E-state index is 0.0635. The van der Waals surface area contributed by atoms with Crippen LogP contribution in [-0.4, -0.2) is 11.9 Å². The maximum atomic E-state index is 13.6. The Labute approximate surface area is 101 Å². The van der Waals surface area contributed by atoms with Crippen LogP contribution >= 0.6 is 0 Å². The van der Waals surface area contributed by atoms with Crippen LogP contribution in [0.4, 0.5) is 17.6 Å². The molecule has 18 heavy (non-hydrogen) atoms. The molecule has 1 saturated carbocycles. The summed E-state index contributed by atoms with van der Waals surface area (Å²) in [5, 5.41) is 2.49. The molecule has 6 heteroatoms. The van der Waals surface area contributed by atoms with Crippen LogP contribution in [0.2, 0.25) is 0 Å². The molecule has 1 fully saturated rings. The standard InChI is InChI=1S/C12H11F4NO/c1-6-5-9(6)17-11(18)7-3-2-4-8(10(7)13)12(14,15)16/h2-4,6,9H,5H2,1H3,(H,17,18). The van der Waals surface area contributed by atoms with Crippen molar-refractivity contribution in [2.24, 2.45) is 5.92 Å². The summed E-state index contributed by atoms with van der Waals surface area (Å²) in [6.07, 6.45) is -4.03. The van der Waals surface area contributed by atoms with E-state index in [9.17, 15) is 22.4 Å². The smallest absolute Gasteiger partial charge is 0.349 e. The summed E-state index contributed by atoms with van der Waals surface area (Å²) in [6.45, 7) is 1.90. The van der Waals surface area contributed by atoms with Crippen LogP contribution < -0.4 is 5.32 Å². The van der Waals surface area contributed by atoms with E-state index in [-0.39, 0.29) is 6.04 Å². The molecule has 2 nitrogen and oxygen atoms in total. The quantitative estimate of drug-likeness (QED) is 0.815. The molecule has 0 bridgehead atoms. The maximum absolute atomic E-state index is 13.6. The van der Waals surface area contributed by atoms with E-state index in [1.165, 1.54) is 0 Å². The molecule has 0 heterocycles. The van der Waals surface area contributed by atoms with Crippen molar-refractivity contribution >= 4 is 5.91 Å². The second-order valence-corrected chi connectivity index (χ2v) is 4.46. The zero-order chi connectivity index (χ0) is 13.5. The number of carbonyl (C=O) groups is 1. The molecule has 2 unspecified atom stereocenters. The Morgan fingerprint density at radius 1 is 1.39 bits per heavy atom. The first-order chi connectivity index (χ1) is 8.30. The Morgan fingerprint density at radius 3 is 2.50 bits per heavy atom. The molecule has 0 aromatic heterocycles. The highest BCUT2D eigenvalue weighted by Crippen LogP contribution is 2.33. The van der Waals surface area contributed by atoms with E-state index < -0.39 is 29.0 Å². The summed E-state index contributed by atoms with van der Waals surface area (Å²) < 4.78 is 51.0. The molecule has 98 valence electrons. The van der Waals surface area contributed by atoms with Crippen molar-refractivity contribution < 1.29 is 22.4 Å². The summed E-state index contributed by atoms with van der Waals surface area (Å²) >= 11 is 0. The third-order valence-electron chi connectivity index (χ3n) is 2.97. The van der Waals surface area contributed by atoms with Crippen molar-refractivity contribution in [3.8, 4) is 0 Å². The first-order valence-electron chi connectivity index (χ1n) is 5.47. The van der Waals surface area contributed by atoms with Crippen LogP contribution in [0.5, 0.6) is 0 Å². The van der Waals surface area contributed by atoms with Gasteiger partial charge in [-0.1, -0.05) is 13.0 Å². The monoisotopic (exact) mass is 261 g/mol. The van der Waals surface area contributed by atoms with E-state index in [0.717, 1.165) is 18.6 Å². The van der Waals surface area contributed by atoms with Crippen LogP contribution in [0.25, 0.3) is 0 Å². The molecule has 0 saturated heterocycles. The van der Waals surface area contributed by atoms with Gasteiger partial charge >= 0.3 is 6.18 Å². The normalized spacial score (nSPS) is 22.7. The molecule has 1 aliphatic carbocycles. The van der Waals surface area contributed by atoms with Gasteiger partial charge in [-0.3, -0.25) is 4.79 Å². The Morgan fingerprint density at radius 2 is 2.00 bits per heavy atom. The van der Waals surface area contributed by atoms with Gasteiger partial charge in [0, 0.05) is 6.04 Å². The van der Waals surface area contributed by atoms with Gasteiger partial charge in [-0.25, -0.2) is 4.39 Å². The van der Waals surface area contributed by atoms with E-state index >= 15 is 0 Å². The molecular weight excluding hydrogens is 250 g/mol. The van der Waals surface area contributed by atoms with Gasteiger partial charge in [0.05, 0.1) is 11.1 Å². The number of hydrogen-bond donors (Lipinski definition) is 1. The van der Waals surface area contributed by atoms with E-state index in [0.29, 0.717) is 12.0 Å². The lowest BCUT2D eigenvalue weighted by Gasteiger charge is -2.11. The molecule has 1 amide bonds. The van der Waals surface area contributed by atoms with E-state index in [1.807, 2.05) is 6.92 Å². The zero-order valence-corrected chi connectivity index (χ0v) is 9.51. The number of nitrogens with one attached hydrogen (secondary N) is 1. The van der Waals surface area contributed by atoms with Gasteiger partial charge in [-0.15, -0.1) is 0 Å². The molecule has 2 rings (SSSR count). The van der Waals surface area contributed by atoms with Gasteiger partial charge in [0.1, 0.15) is 5.82 Å². The van der Waals surface area contributed by atoms with Gasteiger partial charge in [-0.2, -0.15) is 13.2 Å². The SMILES string of the molecule is CC1CC1NC(=O)c1cccc(C(F)(F)F)c1F. The predicted octanol–water partition coefficient (Wildman–Crippen LogP) is 2.98. The minimum Gasteiger partial charge on any atom is -0.349 e. The lowest BCUT2D eigenvalue weighted by molar-refractivity contribution is -0.140. The first kappa shape index (κ1) is 12.9. The van der Waals surface area contributed by atoms with Crippen molar-refractivity contribution in [2.75, 3.05) is 0 Å². The highest BCUT2D eigenvalue weighted by atomic mass is 19.4. The van der Waals surface area contributed by atoms with E-state index in [4.69, 9.17) is 0 Å². The second kappa shape index (κ2) is 4.26. The van der Waals surface area contributed by atoms with Crippen LogP contribution in [0.1, 0.15) is 29.3 Å². The van der Waals surface area contributed by atoms with Crippen LogP contribution in [0, 0.1) is 11.7 Å². The van der Waals surface area contributed by atoms with Gasteiger partial charge in [0.2, 0.25) is 0 Å². The summed E-state index contributed by atoms with van der Waals surface area (Å²) in [5.41, 5.74) is -1.98. The topological polar surface area (TPSA) is 29.1 Å². The fourth-order valence-corrected chi connectivity index (χ4v) is 1.70. The largest absolute Gasteiger partial charge is 0.419 e. The number of alkyl halides is 3. The highest BCUT2D eigenvalue weighted by Gasteiger charge is 2.37. The van der Waals surface area contributed by atoms with Crippen LogP contribution in [0.15, 0.2) is 18.2 Å². The summed E-state index contributed by atoms with van der Waals surface area (Å²) in [6, 6.07) is 2.63. The number of amides is 1. The lowest BCUT2D eigenvalue weighted by atomic mass is 10.1. The number of hydrogen-bond acceptors (Lipinski definition) is 1. The molecule has 1 aliphatic rings. The Kier molecular flexibility index (Phi) is 3.04. The Bertz CT molecular complexity index is 483. The van der Waals surface area contributed by atoms with E-state index in [1.54, 1.807) is 0 Å². The molecule has 0 radical (unpaired) electrons. The molecular formula is C12H11F4NO. The van der Waals surface area contributed by atoms with Gasteiger partial charge in [0.25, 0.3) is 5.91 Å². The number of carbonyl (C=O) groups excluding carboxylic acids is 1. The fraction of sp³-hybridized carbons (Fsp3) is 0.417. The second-order valence-electron chi connectivity index (χ2n) is 4.46. The zero-order valence-electron chi connectivity index (χ0n) is 9.51. The molecule has 1 N–H and O–H groups in total. The van der Waals surface area contributed by atoms with Crippen molar-refractivity contribution in [2.45, 2.75) is 25.6 Å². The van der Waals surface area contributed by atoms with Gasteiger partial charge < -0.3 is 5.32 Å². The van der Waals surface area contributed by atoms with Crippen LogP contribution in [-0.2, 0) is 6.18 Å². The third-order valence-corrected chi connectivity index (χ3v) is 2.97. The van der Waals surface area contributed by atoms with Crippen molar-refractivity contribution in [1.82, 2.24) is 5.32 Å². The Balaban J connectivity index is 2.25. The fourth-order valence-electron chi connectivity index (χ4n) is 1.70. The number of rotatable bonds is 2. The molecule has 1 aromatic rings. The first-order valence-corrected chi connectivity index (χ1v) is 5.47.